The van der Waals surface area contributed by atoms with Gasteiger partial charge in [0.1, 0.15) is 11.5 Å². The molecule has 0 aliphatic heterocycles. The lowest BCUT2D eigenvalue weighted by atomic mass is 10.1. The van der Waals surface area contributed by atoms with Crippen molar-refractivity contribution in [2.45, 2.75) is 26.3 Å². The van der Waals surface area contributed by atoms with Gasteiger partial charge < -0.3 is 10.2 Å². The van der Waals surface area contributed by atoms with Crippen LogP contribution in [0.3, 0.4) is 0 Å². The minimum Gasteiger partial charge on any atom is -0.459 e. The van der Waals surface area contributed by atoms with E-state index < -0.39 is 0 Å². The molecular formula is C14H16BrNO. The molecular weight excluding hydrogens is 278 g/mol. The number of rotatable bonds is 3. The summed E-state index contributed by atoms with van der Waals surface area (Å²) in [6.07, 6.45) is 0.877. The van der Waals surface area contributed by atoms with Crippen molar-refractivity contribution < 1.29 is 4.42 Å². The van der Waals surface area contributed by atoms with Gasteiger partial charge in [0.2, 0.25) is 0 Å². The summed E-state index contributed by atoms with van der Waals surface area (Å²) < 4.78 is 6.84. The van der Waals surface area contributed by atoms with E-state index in [4.69, 9.17) is 10.2 Å². The van der Waals surface area contributed by atoms with E-state index >= 15 is 0 Å². The molecule has 0 saturated carbocycles. The minimum atomic E-state index is -0.0210. The molecule has 3 heteroatoms. The van der Waals surface area contributed by atoms with Gasteiger partial charge in [-0.25, -0.2) is 0 Å². The summed E-state index contributed by atoms with van der Waals surface area (Å²) in [5.74, 6) is 1.70. The largest absolute Gasteiger partial charge is 0.459 e. The fraction of sp³-hybridized carbons (Fsp3) is 0.286. The number of benzene rings is 1. The second-order valence-electron chi connectivity index (χ2n) is 4.20. The zero-order valence-corrected chi connectivity index (χ0v) is 11.6. The number of aryl methyl sites for hydroxylation is 1. The van der Waals surface area contributed by atoms with E-state index in [9.17, 15) is 0 Å². The molecule has 90 valence electrons. The number of halogens is 1. The van der Waals surface area contributed by atoms with E-state index in [-0.39, 0.29) is 6.04 Å². The van der Waals surface area contributed by atoms with Gasteiger partial charge in [0.15, 0.2) is 0 Å². The molecule has 1 heterocycles. The van der Waals surface area contributed by atoms with Gasteiger partial charge in [0, 0.05) is 10.0 Å². The smallest absolute Gasteiger partial charge is 0.135 e. The Bertz CT molecular complexity index is 519. The zero-order chi connectivity index (χ0) is 12.4. The number of furan rings is 1. The van der Waals surface area contributed by atoms with E-state index in [0.717, 1.165) is 28.0 Å². The number of hydrogen-bond donors (Lipinski definition) is 1. The summed E-state index contributed by atoms with van der Waals surface area (Å²) in [6, 6.07) is 10.1. The molecule has 1 aromatic carbocycles. The van der Waals surface area contributed by atoms with Crippen LogP contribution in [0.15, 0.2) is 39.2 Å². The molecule has 0 aliphatic carbocycles. The molecule has 0 radical (unpaired) electrons. The van der Waals surface area contributed by atoms with Gasteiger partial charge in [-0.05, 0) is 37.6 Å². The molecule has 0 bridgehead atoms. The lowest BCUT2D eigenvalue weighted by Crippen LogP contribution is -2.06. The highest BCUT2D eigenvalue weighted by Crippen LogP contribution is 2.31. The predicted molar refractivity (Wildman–Crippen MR) is 73.8 cm³/mol. The van der Waals surface area contributed by atoms with Crippen LogP contribution in [0, 0.1) is 6.92 Å². The lowest BCUT2D eigenvalue weighted by Gasteiger charge is -2.05. The monoisotopic (exact) mass is 293 g/mol. The van der Waals surface area contributed by atoms with E-state index in [0.29, 0.717) is 0 Å². The third-order valence-electron chi connectivity index (χ3n) is 2.82. The summed E-state index contributed by atoms with van der Waals surface area (Å²) >= 11 is 3.54. The van der Waals surface area contributed by atoms with Crippen molar-refractivity contribution in [2.24, 2.45) is 5.73 Å². The van der Waals surface area contributed by atoms with Crippen molar-refractivity contribution in [1.82, 2.24) is 0 Å². The Hall–Kier alpha value is -1.06. The van der Waals surface area contributed by atoms with Gasteiger partial charge >= 0.3 is 0 Å². The first-order chi connectivity index (χ1) is 8.11. The van der Waals surface area contributed by atoms with Crippen LogP contribution in [0.25, 0.3) is 11.3 Å². The molecule has 1 unspecified atom stereocenters. The van der Waals surface area contributed by atoms with Gasteiger partial charge in [0.05, 0.1) is 6.04 Å². The summed E-state index contributed by atoms with van der Waals surface area (Å²) in [6.45, 7) is 4.12. The highest BCUT2D eigenvalue weighted by atomic mass is 79.9. The molecule has 1 atom stereocenters. The Morgan fingerprint density at radius 2 is 2.06 bits per heavy atom. The minimum absolute atomic E-state index is 0.0210. The van der Waals surface area contributed by atoms with Gasteiger partial charge in [-0.15, -0.1) is 0 Å². The molecule has 0 fully saturated rings. The third-order valence-corrected chi connectivity index (χ3v) is 3.51. The quantitative estimate of drug-likeness (QED) is 0.909. The number of hydrogen-bond acceptors (Lipinski definition) is 2. The molecule has 2 nitrogen and oxygen atoms in total. The van der Waals surface area contributed by atoms with E-state index in [1.54, 1.807) is 0 Å². The highest BCUT2D eigenvalue weighted by Gasteiger charge is 2.12. The van der Waals surface area contributed by atoms with E-state index in [1.165, 1.54) is 5.56 Å². The van der Waals surface area contributed by atoms with E-state index in [2.05, 4.69) is 41.9 Å². The van der Waals surface area contributed by atoms with Crippen LogP contribution in [-0.2, 0) is 0 Å². The second kappa shape index (κ2) is 5.07. The first kappa shape index (κ1) is 12.4. The topological polar surface area (TPSA) is 39.2 Å². The average molecular weight is 294 g/mol. The molecule has 0 saturated heterocycles. The maximum absolute atomic E-state index is 5.95. The van der Waals surface area contributed by atoms with Gasteiger partial charge in [0.25, 0.3) is 0 Å². The van der Waals surface area contributed by atoms with Crippen LogP contribution < -0.4 is 5.73 Å². The van der Waals surface area contributed by atoms with Crippen LogP contribution in [0.5, 0.6) is 0 Å². The van der Waals surface area contributed by atoms with Gasteiger partial charge in [-0.2, -0.15) is 0 Å². The van der Waals surface area contributed by atoms with Crippen molar-refractivity contribution in [2.75, 3.05) is 0 Å². The summed E-state index contributed by atoms with van der Waals surface area (Å²) in [5, 5.41) is 0. The Kier molecular flexibility index (Phi) is 3.69. The van der Waals surface area contributed by atoms with Gasteiger partial charge in [-0.1, -0.05) is 34.5 Å². The standard InChI is InChI=1S/C14H16BrNO/c1-3-12(16)14-7-6-13(17-14)10-8-9(2)4-5-11(10)15/h4-8,12H,3,16H2,1-2H3. The molecule has 2 rings (SSSR count). The maximum atomic E-state index is 5.95. The van der Waals surface area contributed by atoms with Crippen LogP contribution in [-0.4, -0.2) is 0 Å². The van der Waals surface area contributed by atoms with Crippen molar-refractivity contribution in [1.29, 1.82) is 0 Å². The average Bonchev–Trinajstić information content (AvgIpc) is 2.80. The predicted octanol–water partition coefficient (Wildman–Crippen LogP) is 4.43. The van der Waals surface area contributed by atoms with Crippen LogP contribution in [0.1, 0.15) is 30.7 Å². The van der Waals surface area contributed by atoms with Crippen molar-refractivity contribution in [3.05, 3.63) is 46.1 Å². The molecule has 2 aromatic rings. The molecule has 1 aromatic heterocycles. The van der Waals surface area contributed by atoms with Crippen molar-refractivity contribution >= 4 is 15.9 Å². The first-order valence-corrected chi connectivity index (χ1v) is 6.53. The van der Waals surface area contributed by atoms with E-state index in [1.807, 2.05) is 18.2 Å². The van der Waals surface area contributed by atoms with Crippen molar-refractivity contribution in [3.8, 4) is 11.3 Å². The molecule has 0 spiro atoms. The summed E-state index contributed by atoms with van der Waals surface area (Å²) in [7, 11) is 0. The highest BCUT2D eigenvalue weighted by molar-refractivity contribution is 9.10. The Morgan fingerprint density at radius 3 is 2.76 bits per heavy atom. The maximum Gasteiger partial charge on any atom is 0.135 e. The third kappa shape index (κ3) is 2.61. The first-order valence-electron chi connectivity index (χ1n) is 5.73. The zero-order valence-electron chi connectivity index (χ0n) is 10.0. The number of nitrogens with two attached hydrogens (primary N) is 1. The molecule has 0 amide bonds. The fourth-order valence-electron chi connectivity index (χ4n) is 1.73. The van der Waals surface area contributed by atoms with Crippen molar-refractivity contribution in [3.63, 3.8) is 0 Å². The van der Waals surface area contributed by atoms with Crippen LogP contribution in [0.2, 0.25) is 0 Å². The Balaban J connectivity index is 2.40. The normalized spacial score (nSPS) is 12.7. The van der Waals surface area contributed by atoms with Crippen LogP contribution >= 0.6 is 15.9 Å². The summed E-state index contributed by atoms with van der Waals surface area (Å²) in [5.41, 5.74) is 8.23. The Morgan fingerprint density at radius 1 is 1.29 bits per heavy atom. The molecule has 0 aliphatic rings. The second-order valence-corrected chi connectivity index (χ2v) is 5.05. The molecule has 17 heavy (non-hydrogen) atoms. The lowest BCUT2D eigenvalue weighted by molar-refractivity contribution is 0.470. The summed E-state index contributed by atoms with van der Waals surface area (Å²) in [4.78, 5) is 0. The molecule has 2 N–H and O–H groups in total. The van der Waals surface area contributed by atoms with Gasteiger partial charge in [-0.3, -0.25) is 0 Å². The Labute approximate surface area is 110 Å². The SMILES string of the molecule is CCC(N)c1ccc(-c2cc(C)ccc2Br)o1. The van der Waals surface area contributed by atoms with Crippen LogP contribution in [0.4, 0.5) is 0 Å². The fourth-order valence-corrected chi connectivity index (χ4v) is 2.17.